The molecule has 1 N–H and O–H groups in total. The number of hydrogen-bond donors (Lipinski definition) is 1. The van der Waals surface area contributed by atoms with E-state index in [1.807, 2.05) is 53.4 Å². The molecule has 2 amide bonds. The Labute approximate surface area is 182 Å². The lowest BCUT2D eigenvalue weighted by Crippen LogP contribution is -2.49. The quantitative estimate of drug-likeness (QED) is 0.638. The van der Waals surface area contributed by atoms with Gasteiger partial charge in [-0.05, 0) is 52.8 Å². The van der Waals surface area contributed by atoms with Crippen LogP contribution in [0.25, 0.3) is 0 Å². The molecular weight excluding hydrogens is 384 g/mol. The number of nitrogens with zero attached hydrogens (tertiary/aromatic N) is 1. The van der Waals surface area contributed by atoms with Crippen LogP contribution in [0, 0.1) is 0 Å². The van der Waals surface area contributed by atoms with Gasteiger partial charge in [-0.1, -0.05) is 68.4 Å². The second-order valence-corrected chi connectivity index (χ2v) is 8.72. The Kier molecular flexibility index (Phi) is 4.85. The van der Waals surface area contributed by atoms with Crippen molar-refractivity contribution in [3.8, 4) is 0 Å². The van der Waals surface area contributed by atoms with E-state index in [2.05, 4.69) is 43.4 Å². The van der Waals surface area contributed by atoms with Crippen LogP contribution in [0.2, 0.25) is 0 Å². The normalized spacial score (nSPS) is 19.5. The van der Waals surface area contributed by atoms with Crippen molar-refractivity contribution in [2.45, 2.75) is 38.1 Å². The molecule has 4 nitrogen and oxygen atoms in total. The van der Waals surface area contributed by atoms with Crippen LogP contribution in [-0.4, -0.2) is 23.3 Å². The topological polar surface area (TPSA) is 49.4 Å². The number of amides is 2. The molecule has 3 aromatic rings. The molecular formula is C27H26N2O2. The Hall–Kier alpha value is -3.40. The van der Waals surface area contributed by atoms with Crippen LogP contribution in [0.15, 0.2) is 72.8 Å². The standard InChI is InChI=1S/C27H26N2O2/c1-17(2)18-11-13-20(14-12-18)28-26(30)24-22-9-5-6-10-23(22)27(31)29-16-15-19-7-3-4-8-21(19)25(24)29/h3-14,17,24-25H,15-16H2,1-2H3,(H,28,30)/t24-,25-/m0/s1. The third-order valence-electron chi connectivity index (χ3n) is 6.56. The molecule has 2 heterocycles. The smallest absolute Gasteiger partial charge is 0.254 e. The Morgan fingerprint density at radius 2 is 1.61 bits per heavy atom. The fraction of sp³-hybridized carbons (Fsp3) is 0.259. The van der Waals surface area contributed by atoms with Crippen molar-refractivity contribution in [3.63, 3.8) is 0 Å². The molecule has 156 valence electrons. The van der Waals surface area contributed by atoms with E-state index in [0.29, 0.717) is 18.0 Å². The van der Waals surface area contributed by atoms with E-state index in [9.17, 15) is 9.59 Å². The predicted octanol–water partition coefficient (Wildman–Crippen LogP) is 5.29. The summed E-state index contributed by atoms with van der Waals surface area (Å²) in [4.78, 5) is 28.8. The van der Waals surface area contributed by atoms with Gasteiger partial charge in [-0.15, -0.1) is 0 Å². The monoisotopic (exact) mass is 410 g/mol. The van der Waals surface area contributed by atoms with Gasteiger partial charge in [-0.3, -0.25) is 9.59 Å². The van der Waals surface area contributed by atoms with Gasteiger partial charge < -0.3 is 10.2 Å². The van der Waals surface area contributed by atoms with Gasteiger partial charge in [-0.25, -0.2) is 0 Å². The van der Waals surface area contributed by atoms with E-state index in [0.717, 1.165) is 23.2 Å². The van der Waals surface area contributed by atoms with E-state index >= 15 is 0 Å². The summed E-state index contributed by atoms with van der Waals surface area (Å²) in [5.74, 6) is -0.0854. The molecule has 3 aromatic carbocycles. The van der Waals surface area contributed by atoms with Gasteiger partial charge in [0.2, 0.25) is 5.91 Å². The summed E-state index contributed by atoms with van der Waals surface area (Å²) in [6, 6.07) is 23.5. The highest BCUT2D eigenvalue weighted by atomic mass is 16.2. The van der Waals surface area contributed by atoms with Crippen molar-refractivity contribution in [2.24, 2.45) is 0 Å². The highest BCUT2D eigenvalue weighted by molar-refractivity contribution is 6.04. The molecule has 0 bridgehead atoms. The van der Waals surface area contributed by atoms with Gasteiger partial charge in [0.15, 0.2) is 0 Å². The SMILES string of the molecule is CC(C)c1ccc(NC(=O)[C@H]2c3ccccc3C(=O)N3CCc4ccccc4[C@@H]23)cc1. The molecule has 0 aromatic heterocycles. The Morgan fingerprint density at radius 1 is 0.935 bits per heavy atom. The molecule has 2 aliphatic rings. The Bertz CT molecular complexity index is 1150. The van der Waals surface area contributed by atoms with Crippen molar-refractivity contribution in [1.82, 2.24) is 4.90 Å². The maximum absolute atomic E-state index is 13.7. The molecule has 5 rings (SSSR count). The summed E-state index contributed by atoms with van der Waals surface area (Å²) >= 11 is 0. The number of hydrogen-bond acceptors (Lipinski definition) is 2. The first kappa shape index (κ1) is 19.6. The zero-order valence-corrected chi connectivity index (χ0v) is 17.8. The molecule has 0 aliphatic carbocycles. The average Bonchev–Trinajstić information content (AvgIpc) is 2.79. The van der Waals surface area contributed by atoms with Gasteiger partial charge in [-0.2, -0.15) is 0 Å². The van der Waals surface area contributed by atoms with Crippen molar-refractivity contribution >= 4 is 17.5 Å². The minimum Gasteiger partial charge on any atom is -0.330 e. The Balaban J connectivity index is 1.57. The summed E-state index contributed by atoms with van der Waals surface area (Å²) in [6.07, 6.45) is 0.811. The molecule has 0 radical (unpaired) electrons. The third kappa shape index (κ3) is 3.32. The summed E-state index contributed by atoms with van der Waals surface area (Å²) in [7, 11) is 0. The molecule has 4 heteroatoms. The first-order valence-corrected chi connectivity index (χ1v) is 10.9. The molecule has 0 unspecified atom stereocenters. The molecule has 0 saturated carbocycles. The lowest BCUT2D eigenvalue weighted by atomic mass is 9.76. The van der Waals surface area contributed by atoms with Crippen molar-refractivity contribution in [1.29, 1.82) is 0 Å². The fourth-order valence-corrected chi connectivity index (χ4v) is 4.93. The molecule has 2 aliphatic heterocycles. The minimum absolute atomic E-state index is 0.0143. The first-order chi connectivity index (χ1) is 15.0. The number of carbonyl (C=O) groups is 2. The molecule has 2 atom stereocenters. The van der Waals surface area contributed by atoms with E-state index in [1.54, 1.807) is 0 Å². The molecule has 0 saturated heterocycles. The lowest BCUT2D eigenvalue weighted by molar-refractivity contribution is -0.119. The number of carbonyl (C=O) groups excluding carboxylic acids is 2. The molecule has 31 heavy (non-hydrogen) atoms. The van der Waals surface area contributed by atoms with Crippen LogP contribution in [0.1, 0.15) is 64.3 Å². The number of nitrogens with one attached hydrogen (secondary N) is 1. The minimum atomic E-state index is -0.458. The van der Waals surface area contributed by atoms with Crippen LogP contribution in [0.4, 0.5) is 5.69 Å². The largest absolute Gasteiger partial charge is 0.330 e. The number of anilines is 1. The van der Waals surface area contributed by atoms with Crippen LogP contribution >= 0.6 is 0 Å². The van der Waals surface area contributed by atoms with Gasteiger partial charge in [0.05, 0.1) is 12.0 Å². The van der Waals surface area contributed by atoms with Gasteiger partial charge in [0, 0.05) is 17.8 Å². The van der Waals surface area contributed by atoms with Gasteiger partial charge in [0.25, 0.3) is 5.91 Å². The van der Waals surface area contributed by atoms with E-state index in [1.165, 1.54) is 11.1 Å². The first-order valence-electron chi connectivity index (χ1n) is 10.9. The summed E-state index contributed by atoms with van der Waals surface area (Å²) in [6.45, 7) is 4.93. The van der Waals surface area contributed by atoms with E-state index in [-0.39, 0.29) is 17.9 Å². The molecule has 0 fully saturated rings. The average molecular weight is 411 g/mol. The zero-order valence-electron chi connectivity index (χ0n) is 17.8. The van der Waals surface area contributed by atoms with Crippen LogP contribution < -0.4 is 5.32 Å². The number of fused-ring (bicyclic) bond motifs is 4. The van der Waals surface area contributed by atoms with Crippen molar-refractivity contribution in [3.05, 3.63) is 101 Å². The van der Waals surface area contributed by atoms with E-state index < -0.39 is 5.92 Å². The maximum Gasteiger partial charge on any atom is 0.254 e. The highest BCUT2D eigenvalue weighted by Crippen LogP contribution is 2.46. The second kappa shape index (κ2) is 7.69. The number of rotatable bonds is 3. The fourth-order valence-electron chi connectivity index (χ4n) is 4.93. The van der Waals surface area contributed by atoms with Crippen LogP contribution in [0.3, 0.4) is 0 Å². The van der Waals surface area contributed by atoms with Gasteiger partial charge in [0.1, 0.15) is 0 Å². The van der Waals surface area contributed by atoms with Gasteiger partial charge >= 0.3 is 0 Å². The summed E-state index contributed by atoms with van der Waals surface area (Å²) in [5.41, 5.74) is 5.75. The zero-order chi connectivity index (χ0) is 21.5. The predicted molar refractivity (Wildman–Crippen MR) is 122 cm³/mol. The van der Waals surface area contributed by atoms with Crippen molar-refractivity contribution < 1.29 is 9.59 Å². The summed E-state index contributed by atoms with van der Waals surface area (Å²) in [5, 5.41) is 3.12. The lowest BCUT2D eigenvalue weighted by Gasteiger charge is -2.45. The Morgan fingerprint density at radius 3 is 2.35 bits per heavy atom. The summed E-state index contributed by atoms with van der Waals surface area (Å²) < 4.78 is 0. The highest BCUT2D eigenvalue weighted by Gasteiger charge is 2.46. The maximum atomic E-state index is 13.7. The van der Waals surface area contributed by atoms with Crippen LogP contribution in [-0.2, 0) is 11.2 Å². The number of benzene rings is 3. The van der Waals surface area contributed by atoms with Crippen molar-refractivity contribution in [2.75, 3.05) is 11.9 Å². The second-order valence-electron chi connectivity index (χ2n) is 8.72. The van der Waals surface area contributed by atoms with Crippen LogP contribution in [0.5, 0.6) is 0 Å². The van der Waals surface area contributed by atoms with E-state index in [4.69, 9.17) is 0 Å². The molecule has 0 spiro atoms. The third-order valence-corrected chi connectivity index (χ3v) is 6.56.